The van der Waals surface area contributed by atoms with Crippen LogP contribution in [0.4, 0.5) is 0 Å². The van der Waals surface area contributed by atoms with Crippen LogP contribution in [0.5, 0.6) is 0 Å². The maximum absolute atomic E-state index is 11.5. The molecule has 0 amide bonds. The Bertz CT molecular complexity index is 588. The van der Waals surface area contributed by atoms with Crippen molar-refractivity contribution in [3.63, 3.8) is 0 Å². The van der Waals surface area contributed by atoms with Crippen LogP contribution in [0.2, 0.25) is 0 Å². The molecule has 0 rings (SSSR count). The smallest absolute Gasteiger partial charge is 0.327 e. The summed E-state index contributed by atoms with van der Waals surface area (Å²) >= 11 is 0. The van der Waals surface area contributed by atoms with Gasteiger partial charge in [-0.05, 0) is 12.8 Å². The molecule has 36 heavy (non-hydrogen) atoms. The highest BCUT2D eigenvalue weighted by atomic mass is 32.2. The fourth-order valence-corrected chi connectivity index (χ4v) is 5.21. The standard InChI is InChI=1S/C20H40O5S.C6H15NO3/c1-3-5-6-7-8-9-10-11-12-13-14-15-16-17-18-20(4-2,19(21)22)26(23,24)25;8-4-1-7(2-5-9)3-6-10/h3-18H2,1-2H3,(H,21,22)(H,23,24,25);8-10H,1-6H2. The number of unbranched alkanes of at least 4 members (excludes halogenated alkanes) is 13. The van der Waals surface area contributed by atoms with E-state index in [1.807, 2.05) is 0 Å². The maximum Gasteiger partial charge on any atom is 0.327 e. The Morgan fingerprint density at radius 1 is 0.667 bits per heavy atom. The molecule has 0 saturated carbocycles. The summed E-state index contributed by atoms with van der Waals surface area (Å²) < 4.78 is 30.2. The van der Waals surface area contributed by atoms with Crippen molar-refractivity contribution in [2.24, 2.45) is 0 Å². The van der Waals surface area contributed by atoms with E-state index < -0.39 is 20.8 Å². The summed E-state index contributed by atoms with van der Waals surface area (Å²) in [6, 6.07) is 0. The van der Waals surface area contributed by atoms with Gasteiger partial charge in [0.25, 0.3) is 10.1 Å². The number of hydrogen-bond donors (Lipinski definition) is 5. The van der Waals surface area contributed by atoms with E-state index >= 15 is 0 Å². The first-order chi connectivity index (χ1) is 17.2. The molecule has 0 heterocycles. The lowest BCUT2D eigenvalue weighted by atomic mass is 9.96. The lowest BCUT2D eigenvalue weighted by Gasteiger charge is -2.24. The van der Waals surface area contributed by atoms with Gasteiger partial charge in [0, 0.05) is 19.6 Å². The Hall–Kier alpha value is -0.780. The van der Waals surface area contributed by atoms with Gasteiger partial charge in [-0.25, -0.2) is 0 Å². The van der Waals surface area contributed by atoms with Crippen molar-refractivity contribution in [2.45, 2.75) is 121 Å². The summed E-state index contributed by atoms with van der Waals surface area (Å²) in [5.74, 6) is -1.45. The van der Waals surface area contributed by atoms with Crippen LogP contribution in [-0.2, 0) is 14.9 Å². The quantitative estimate of drug-likeness (QED) is 0.0890. The monoisotopic (exact) mass is 541 g/mol. The van der Waals surface area contributed by atoms with E-state index in [2.05, 4.69) is 6.92 Å². The van der Waals surface area contributed by atoms with Gasteiger partial charge in [-0.15, -0.1) is 0 Å². The predicted molar refractivity (Wildman–Crippen MR) is 145 cm³/mol. The van der Waals surface area contributed by atoms with E-state index in [9.17, 15) is 22.9 Å². The Labute approximate surface area is 220 Å². The number of hydrogen-bond acceptors (Lipinski definition) is 7. The van der Waals surface area contributed by atoms with Crippen molar-refractivity contribution in [1.82, 2.24) is 4.90 Å². The average Bonchev–Trinajstić information content (AvgIpc) is 2.81. The number of carboxylic acid groups (broad SMARTS) is 1. The molecule has 1 unspecified atom stereocenters. The van der Waals surface area contributed by atoms with Gasteiger partial charge in [0.1, 0.15) is 0 Å². The molecule has 0 spiro atoms. The van der Waals surface area contributed by atoms with Crippen LogP contribution >= 0.6 is 0 Å². The molecule has 0 aliphatic heterocycles. The van der Waals surface area contributed by atoms with Crippen LogP contribution < -0.4 is 0 Å². The zero-order valence-electron chi connectivity index (χ0n) is 22.9. The zero-order valence-corrected chi connectivity index (χ0v) is 23.7. The van der Waals surface area contributed by atoms with Crippen molar-refractivity contribution in [3.8, 4) is 0 Å². The minimum Gasteiger partial charge on any atom is -0.480 e. The lowest BCUT2D eigenvalue weighted by Crippen LogP contribution is -2.45. The Morgan fingerprint density at radius 3 is 1.25 bits per heavy atom. The molecule has 9 nitrogen and oxygen atoms in total. The van der Waals surface area contributed by atoms with E-state index in [0.29, 0.717) is 26.1 Å². The minimum absolute atomic E-state index is 0.0182. The number of carbonyl (C=O) groups is 1. The van der Waals surface area contributed by atoms with Crippen LogP contribution in [0.3, 0.4) is 0 Å². The topological polar surface area (TPSA) is 156 Å². The lowest BCUT2D eigenvalue weighted by molar-refractivity contribution is -0.140. The average molecular weight is 542 g/mol. The van der Waals surface area contributed by atoms with Crippen LogP contribution in [0, 0.1) is 0 Å². The van der Waals surface area contributed by atoms with Gasteiger partial charge in [0.05, 0.1) is 19.8 Å². The second kappa shape index (κ2) is 24.6. The van der Waals surface area contributed by atoms with Gasteiger partial charge >= 0.3 is 5.97 Å². The molecular weight excluding hydrogens is 486 g/mol. The molecule has 0 saturated heterocycles. The van der Waals surface area contributed by atoms with Gasteiger partial charge in [0.15, 0.2) is 4.75 Å². The molecule has 0 fully saturated rings. The summed E-state index contributed by atoms with van der Waals surface area (Å²) in [6.45, 7) is 5.48. The SMILES string of the molecule is CCCCCCCCCCCCCCCCC(CC)(C(=O)O)S(=O)(=O)O.OCCN(CCO)CCO. The van der Waals surface area contributed by atoms with Crippen molar-refractivity contribution in [3.05, 3.63) is 0 Å². The van der Waals surface area contributed by atoms with Gasteiger partial charge in [-0.1, -0.05) is 104 Å². The summed E-state index contributed by atoms with van der Waals surface area (Å²) in [5, 5.41) is 34.7. The molecule has 10 heteroatoms. The third kappa shape index (κ3) is 18.5. The molecule has 0 bridgehead atoms. The first-order valence-electron chi connectivity index (χ1n) is 13.9. The highest BCUT2D eigenvalue weighted by Crippen LogP contribution is 2.28. The molecule has 0 aromatic rings. The number of aliphatic hydroxyl groups excluding tert-OH is 3. The van der Waals surface area contributed by atoms with Crippen molar-refractivity contribution in [2.75, 3.05) is 39.5 Å². The predicted octanol–water partition coefficient (Wildman–Crippen LogP) is 4.24. The summed E-state index contributed by atoms with van der Waals surface area (Å²) in [7, 11) is -4.59. The number of aliphatic hydroxyl groups is 3. The van der Waals surface area contributed by atoms with Crippen LogP contribution in [0.25, 0.3) is 0 Å². The van der Waals surface area contributed by atoms with Crippen LogP contribution in [-0.4, -0.2) is 88.5 Å². The third-order valence-corrected chi connectivity index (χ3v) is 8.29. The molecule has 0 aromatic carbocycles. The minimum atomic E-state index is -4.59. The molecule has 0 aliphatic rings. The second-order valence-electron chi connectivity index (χ2n) is 9.49. The van der Waals surface area contributed by atoms with Gasteiger partial charge in [0.2, 0.25) is 0 Å². The molecule has 5 N–H and O–H groups in total. The number of nitrogens with zero attached hydrogens (tertiary/aromatic N) is 1. The van der Waals surface area contributed by atoms with E-state index in [4.69, 9.17) is 15.3 Å². The Balaban J connectivity index is 0. The summed E-state index contributed by atoms with van der Waals surface area (Å²) in [4.78, 5) is 13.1. The molecule has 0 aromatic heterocycles. The normalized spacial score (nSPS) is 13.3. The van der Waals surface area contributed by atoms with Gasteiger partial charge < -0.3 is 20.4 Å². The van der Waals surface area contributed by atoms with E-state index in [1.54, 1.807) is 4.90 Å². The van der Waals surface area contributed by atoms with Crippen molar-refractivity contribution < 1.29 is 38.2 Å². The molecule has 0 radical (unpaired) electrons. The second-order valence-corrected chi connectivity index (χ2v) is 11.2. The highest BCUT2D eigenvalue weighted by Gasteiger charge is 2.48. The Kier molecular flexibility index (Phi) is 25.5. The molecule has 0 aliphatic carbocycles. The number of carboxylic acids is 1. The first-order valence-corrected chi connectivity index (χ1v) is 15.4. The Morgan fingerprint density at radius 2 is 1.00 bits per heavy atom. The van der Waals surface area contributed by atoms with Crippen LogP contribution in [0.15, 0.2) is 0 Å². The van der Waals surface area contributed by atoms with Crippen molar-refractivity contribution in [1.29, 1.82) is 0 Å². The number of aliphatic carboxylic acids is 1. The van der Waals surface area contributed by atoms with Gasteiger partial charge in [-0.3, -0.25) is 14.2 Å². The number of rotatable bonds is 24. The summed E-state index contributed by atoms with van der Waals surface area (Å²) in [6.07, 6.45) is 16.4. The van der Waals surface area contributed by atoms with E-state index in [0.717, 1.165) is 19.3 Å². The fourth-order valence-electron chi connectivity index (χ4n) is 4.22. The van der Waals surface area contributed by atoms with Crippen LogP contribution in [0.1, 0.15) is 117 Å². The summed E-state index contributed by atoms with van der Waals surface area (Å²) in [5.41, 5.74) is 0. The highest BCUT2D eigenvalue weighted by molar-refractivity contribution is 7.88. The maximum atomic E-state index is 11.5. The van der Waals surface area contributed by atoms with E-state index in [1.165, 1.54) is 71.1 Å². The molecule has 218 valence electrons. The van der Waals surface area contributed by atoms with Gasteiger partial charge in [-0.2, -0.15) is 8.42 Å². The largest absolute Gasteiger partial charge is 0.480 e. The van der Waals surface area contributed by atoms with E-state index in [-0.39, 0.29) is 32.7 Å². The fraction of sp³-hybridized carbons (Fsp3) is 0.962. The third-order valence-electron chi connectivity index (χ3n) is 6.64. The van der Waals surface area contributed by atoms with Crippen molar-refractivity contribution >= 4 is 16.1 Å². The first kappa shape index (κ1) is 37.4. The zero-order chi connectivity index (χ0) is 27.7. The molecule has 1 atom stereocenters. The molecular formula is C26H55NO8S.